The number of amides is 1. The van der Waals surface area contributed by atoms with Crippen molar-refractivity contribution in [1.82, 2.24) is 0 Å². The molecule has 1 N–H and O–H groups in total. The molecule has 0 aromatic heterocycles. The van der Waals surface area contributed by atoms with E-state index in [-0.39, 0.29) is 17.7 Å². The molecule has 0 fully saturated rings. The number of alkyl halides is 3. The van der Waals surface area contributed by atoms with Gasteiger partial charge in [0.2, 0.25) is 6.41 Å². The molecule has 7 heteroatoms. The molecule has 4 nitrogen and oxygen atoms in total. The van der Waals surface area contributed by atoms with Gasteiger partial charge in [-0.2, -0.15) is 13.2 Å². The second-order valence-corrected chi connectivity index (χ2v) is 3.42. The van der Waals surface area contributed by atoms with Gasteiger partial charge in [0.1, 0.15) is 0 Å². The molecule has 102 valence electrons. The summed E-state index contributed by atoms with van der Waals surface area (Å²) in [6.07, 6.45) is -1.97. The van der Waals surface area contributed by atoms with Crippen molar-refractivity contribution >= 4 is 24.1 Å². The summed E-state index contributed by atoms with van der Waals surface area (Å²) < 4.78 is 41.9. The molecule has 1 rings (SSSR count). The number of hydrogen-bond donors (Lipinski definition) is 1. The molecule has 0 spiro atoms. The Bertz CT molecular complexity index is 509. The lowest BCUT2D eigenvalue weighted by atomic mass is 10.1. The molecule has 19 heavy (non-hydrogen) atoms. The Balaban J connectivity index is 3.15. The molecule has 0 saturated heterocycles. The van der Waals surface area contributed by atoms with E-state index in [4.69, 9.17) is 0 Å². The number of esters is 1. The largest absolute Gasteiger partial charge is 0.466 e. The zero-order valence-corrected chi connectivity index (χ0v) is 9.82. The van der Waals surface area contributed by atoms with Crippen molar-refractivity contribution in [2.24, 2.45) is 0 Å². The molecule has 0 atom stereocenters. The smallest absolute Gasteiger partial charge is 0.416 e. The third-order valence-electron chi connectivity index (χ3n) is 2.20. The summed E-state index contributed by atoms with van der Waals surface area (Å²) in [5.74, 6) is -0.656. The highest BCUT2D eigenvalue weighted by molar-refractivity contribution is 5.89. The monoisotopic (exact) mass is 273 g/mol. The summed E-state index contributed by atoms with van der Waals surface area (Å²) in [7, 11) is 1.17. The van der Waals surface area contributed by atoms with E-state index in [0.29, 0.717) is 0 Å². The van der Waals surface area contributed by atoms with Crippen molar-refractivity contribution in [3.63, 3.8) is 0 Å². The average Bonchev–Trinajstić information content (AvgIpc) is 2.36. The van der Waals surface area contributed by atoms with E-state index in [1.807, 2.05) is 0 Å². The van der Waals surface area contributed by atoms with Crippen LogP contribution in [-0.4, -0.2) is 19.5 Å². The molecule has 1 amide bonds. The van der Waals surface area contributed by atoms with Crippen LogP contribution < -0.4 is 5.32 Å². The van der Waals surface area contributed by atoms with E-state index in [1.165, 1.54) is 13.2 Å². The van der Waals surface area contributed by atoms with Crippen molar-refractivity contribution in [1.29, 1.82) is 0 Å². The van der Waals surface area contributed by atoms with Gasteiger partial charge in [0.05, 0.1) is 12.7 Å². The van der Waals surface area contributed by atoms with Gasteiger partial charge in [-0.25, -0.2) is 4.79 Å². The Hall–Kier alpha value is -2.31. The fourth-order valence-electron chi connectivity index (χ4n) is 1.29. The zero-order valence-electron chi connectivity index (χ0n) is 9.82. The van der Waals surface area contributed by atoms with Gasteiger partial charge in [-0.05, 0) is 23.8 Å². The van der Waals surface area contributed by atoms with Gasteiger partial charge in [0, 0.05) is 11.8 Å². The summed E-state index contributed by atoms with van der Waals surface area (Å²) in [5.41, 5.74) is -0.692. The molecule has 0 bridgehead atoms. The molecule has 0 aliphatic rings. The second-order valence-electron chi connectivity index (χ2n) is 3.42. The third-order valence-corrected chi connectivity index (χ3v) is 2.20. The maximum atomic E-state index is 12.5. The van der Waals surface area contributed by atoms with Crippen LogP contribution in [0.1, 0.15) is 11.1 Å². The summed E-state index contributed by atoms with van der Waals surface area (Å²) in [6, 6.07) is 2.78. The number of hydrogen-bond acceptors (Lipinski definition) is 3. The van der Waals surface area contributed by atoms with Gasteiger partial charge >= 0.3 is 12.1 Å². The lowest BCUT2D eigenvalue weighted by Gasteiger charge is -2.10. The number of carbonyl (C=O) groups excluding carboxylic acids is 2. The van der Waals surface area contributed by atoms with Gasteiger partial charge in [-0.3, -0.25) is 4.79 Å². The van der Waals surface area contributed by atoms with Gasteiger partial charge in [-0.1, -0.05) is 6.07 Å². The van der Waals surface area contributed by atoms with Crippen LogP contribution in [0.3, 0.4) is 0 Å². The van der Waals surface area contributed by atoms with Crippen molar-refractivity contribution in [3.05, 3.63) is 35.4 Å². The Morgan fingerprint density at radius 3 is 2.58 bits per heavy atom. The van der Waals surface area contributed by atoms with E-state index in [2.05, 4.69) is 10.1 Å². The lowest BCUT2D eigenvalue weighted by molar-refractivity contribution is -0.137. The maximum absolute atomic E-state index is 12.5. The molecule has 0 heterocycles. The maximum Gasteiger partial charge on any atom is 0.416 e. The first-order chi connectivity index (χ1) is 8.88. The van der Waals surface area contributed by atoms with Crippen molar-refractivity contribution in [2.45, 2.75) is 6.18 Å². The number of ether oxygens (including phenoxy) is 1. The van der Waals surface area contributed by atoms with E-state index in [1.54, 1.807) is 0 Å². The van der Waals surface area contributed by atoms with Crippen LogP contribution in [0.15, 0.2) is 24.3 Å². The minimum Gasteiger partial charge on any atom is -0.466 e. The predicted octanol–water partition coefficient (Wildman–Crippen LogP) is 2.46. The minimum atomic E-state index is -4.51. The van der Waals surface area contributed by atoms with Crippen LogP contribution in [0, 0.1) is 0 Å². The number of methoxy groups -OCH3 is 1. The Labute approximate surface area is 106 Å². The summed E-state index contributed by atoms with van der Waals surface area (Å²) in [4.78, 5) is 21.3. The van der Waals surface area contributed by atoms with Crippen molar-refractivity contribution < 1.29 is 27.5 Å². The number of halogens is 3. The first-order valence-corrected chi connectivity index (χ1v) is 5.06. The van der Waals surface area contributed by atoms with Crippen LogP contribution >= 0.6 is 0 Å². The quantitative estimate of drug-likeness (QED) is 0.521. The lowest BCUT2D eigenvalue weighted by Crippen LogP contribution is -2.07. The number of benzene rings is 1. The van der Waals surface area contributed by atoms with E-state index >= 15 is 0 Å². The van der Waals surface area contributed by atoms with Crippen LogP contribution in [0.2, 0.25) is 0 Å². The molecular formula is C12H10F3NO3. The Morgan fingerprint density at radius 1 is 1.37 bits per heavy atom. The fourth-order valence-corrected chi connectivity index (χ4v) is 1.29. The normalized spacial score (nSPS) is 11.4. The molecule has 1 aromatic carbocycles. The minimum absolute atomic E-state index is 0.0509. The first kappa shape index (κ1) is 14.7. The highest BCUT2D eigenvalue weighted by Gasteiger charge is 2.30. The first-order valence-electron chi connectivity index (χ1n) is 5.06. The van der Waals surface area contributed by atoms with Crippen molar-refractivity contribution in [3.8, 4) is 0 Å². The topological polar surface area (TPSA) is 55.4 Å². The van der Waals surface area contributed by atoms with Gasteiger partial charge in [-0.15, -0.1) is 0 Å². The highest BCUT2D eigenvalue weighted by atomic mass is 19.4. The fraction of sp³-hybridized carbons (Fsp3) is 0.167. The van der Waals surface area contributed by atoms with E-state index < -0.39 is 17.7 Å². The molecule has 0 unspecified atom stereocenters. The van der Waals surface area contributed by atoms with Crippen LogP contribution in [0.4, 0.5) is 18.9 Å². The zero-order chi connectivity index (χ0) is 14.5. The predicted molar refractivity (Wildman–Crippen MR) is 62.2 cm³/mol. The van der Waals surface area contributed by atoms with Crippen LogP contribution in [0.25, 0.3) is 6.08 Å². The average molecular weight is 273 g/mol. The van der Waals surface area contributed by atoms with Gasteiger partial charge < -0.3 is 10.1 Å². The molecule has 0 radical (unpaired) electrons. The summed E-state index contributed by atoms with van der Waals surface area (Å²) >= 11 is 0. The molecule has 0 aliphatic heterocycles. The molecule has 0 saturated carbocycles. The molecule has 0 aliphatic carbocycles. The second kappa shape index (κ2) is 6.03. The van der Waals surface area contributed by atoms with Gasteiger partial charge in [0.15, 0.2) is 0 Å². The molecular weight excluding hydrogens is 263 g/mol. The third kappa shape index (κ3) is 4.13. The van der Waals surface area contributed by atoms with E-state index in [9.17, 15) is 22.8 Å². The summed E-state index contributed by atoms with van der Waals surface area (Å²) in [6.45, 7) is 0. The Morgan fingerprint density at radius 2 is 2.05 bits per heavy atom. The highest BCUT2D eigenvalue weighted by Crippen LogP contribution is 2.32. The number of carbonyl (C=O) groups is 2. The van der Waals surface area contributed by atoms with Crippen LogP contribution in [-0.2, 0) is 20.5 Å². The number of anilines is 1. The number of rotatable bonds is 4. The van der Waals surface area contributed by atoms with E-state index in [0.717, 1.165) is 24.3 Å². The van der Waals surface area contributed by atoms with Gasteiger partial charge in [0.25, 0.3) is 0 Å². The Kier molecular flexibility index (Phi) is 4.68. The SMILES string of the molecule is COC(=O)C=Cc1ccc(C(F)(F)F)cc1NC=O. The van der Waals surface area contributed by atoms with Crippen molar-refractivity contribution in [2.75, 3.05) is 12.4 Å². The number of nitrogens with one attached hydrogen (secondary N) is 1. The summed E-state index contributed by atoms with van der Waals surface area (Å²) in [5, 5.41) is 2.15. The molecule has 1 aromatic rings. The van der Waals surface area contributed by atoms with Crippen LogP contribution in [0.5, 0.6) is 0 Å². The standard InChI is InChI=1S/C12H10F3NO3/c1-19-11(18)5-3-8-2-4-9(12(13,14)15)6-10(8)16-7-17/h2-7H,1H3,(H,16,17).